The van der Waals surface area contributed by atoms with Crippen molar-refractivity contribution in [2.75, 3.05) is 13.2 Å². The van der Waals surface area contributed by atoms with E-state index in [4.69, 9.17) is 9.47 Å². The summed E-state index contributed by atoms with van der Waals surface area (Å²) in [5.74, 6) is -1.22. The molecule has 1 aromatic carbocycles. The summed E-state index contributed by atoms with van der Waals surface area (Å²) in [6.07, 6.45) is 0.408. The van der Waals surface area contributed by atoms with E-state index in [1.807, 2.05) is 12.1 Å². The summed E-state index contributed by atoms with van der Waals surface area (Å²) in [7, 11) is 0. The second-order valence-electron chi connectivity index (χ2n) is 5.27. The van der Waals surface area contributed by atoms with Crippen LogP contribution in [0.2, 0.25) is 0 Å². The van der Waals surface area contributed by atoms with Crippen LogP contribution >= 0.6 is 0 Å². The van der Waals surface area contributed by atoms with Crippen LogP contribution in [0.5, 0.6) is 0 Å². The summed E-state index contributed by atoms with van der Waals surface area (Å²) in [5, 5.41) is 0. The van der Waals surface area contributed by atoms with Gasteiger partial charge in [0.25, 0.3) is 0 Å². The zero-order valence-electron chi connectivity index (χ0n) is 12.9. The fraction of sp³-hybridized carbons (Fsp3) is 0.471. The summed E-state index contributed by atoms with van der Waals surface area (Å²) in [4.78, 5) is 36.8. The normalized spacial score (nSPS) is 19.6. The highest BCUT2D eigenvalue weighted by molar-refractivity contribution is 6.16. The summed E-state index contributed by atoms with van der Waals surface area (Å²) in [6.45, 7) is 3.89. The summed E-state index contributed by atoms with van der Waals surface area (Å²) < 4.78 is 10.0. The first-order chi connectivity index (χ1) is 10.5. The summed E-state index contributed by atoms with van der Waals surface area (Å²) >= 11 is 0. The zero-order chi connectivity index (χ0) is 16.2. The largest absolute Gasteiger partial charge is 0.466 e. The van der Waals surface area contributed by atoms with Crippen LogP contribution in [0, 0.1) is 5.41 Å². The highest BCUT2D eigenvalue weighted by atomic mass is 16.5. The number of fused-ring (bicyclic) bond motifs is 1. The van der Waals surface area contributed by atoms with Crippen molar-refractivity contribution in [3.05, 3.63) is 35.4 Å². The van der Waals surface area contributed by atoms with E-state index in [2.05, 4.69) is 0 Å². The maximum absolute atomic E-state index is 12.8. The number of carbonyl (C=O) groups is 3. The van der Waals surface area contributed by atoms with Crippen LogP contribution in [-0.4, -0.2) is 30.9 Å². The van der Waals surface area contributed by atoms with Crippen molar-refractivity contribution in [2.45, 2.75) is 33.1 Å². The number of ether oxygens (including phenoxy) is 2. The van der Waals surface area contributed by atoms with Gasteiger partial charge < -0.3 is 9.47 Å². The molecule has 0 fully saturated rings. The molecule has 0 saturated heterocycles. The lowest BCUT2D eigenvalue weighted by molar-refractivity contribution is -0.153. The van der Waals surface area contributed by atoms with Gasteiger partial charge in [0.05, 0.1) is 13.2 Å². The maximum Gasteiger partial charge on any atom is 0.320 e. The molecule has 0 aliphatic heterocycles. The predicted octanol–water partition coefficient (Wildman–Crippen LogP) is 2.32. The Labute approximate surface area is 129 Å². The smallest absolute Gasteiger partial charge is 0.320 e. The average molecular weight is 304 g/mol. The van der Waals surface area contributed by atoms with Crippen LogP contribution in [0.4, 0.5) is 0 Å². The lowest BCUT2D eigenvalue weighted by Gasteiger charge is -2.24. The molecule has 0 spiro atoms. The fourth-order valence-corrected chi connectivity index (χ4v) is 2.85. The van der Waals surface area contributed by atoms with Gasteiger partial charge in [-0.15, -0.1) is 0 Å². The van der Waals surface area contributed by atoms with E-state index in [-0.39, 0.29) is 38.3 Å². The molecular weight excluding hydrogens is 284 g/mol. The SMILES string of the molecule is CCOC(=O)CCC1(C(=O)OCC)Cc2ccccc2C1=O. The molecule has 5 heteroatoms. The molecule has 0 N–H and O–H groups in total. The van der Waals surface area contributed by atoms with Crippen molar-refractivity contribution in [1.29, 1.82) is 0 Å². The van der Waals surface area contributed by atoms with Crippen molar-refractivity contribution in [1.82, 2.24) is 0 Å². The monoisotopic (exact) mass is 304 g/mol. The molecule has 1 atom stereocenters. The summed E-state index contributed by atoms with van der Waals surface area (Å²) in [5.41, 5.74) is 0.0655. The van der Waals surface area contributed by atoms with Crippen molar-refractivity contribution in [2.24, 2.45) is 5.41 Å². The molecule has 0 saturated carbocycles. The first kappa shape index (κ1) is 16.2. The molecule has 0 heterocycles. The third-order valence-corrected chi connectivity index (χ3v) is 3.92. The number of benzene rings is 1. The molecule has 1 aliphatic rings. The Bertz CT molecular complexity index is 592. The summed E-state index contributed by atoms with van der Waals surface area (Å²) in [6, 6.07) is 7.14. The van der Waals surface area contributed by atoms with Gasteiger partial charge >= 0.3 is 11.9 Å². The van der Waals surface area contributed by atoms with E-state index in [1.54, 1.807) is 26.0 Å². The fourth-order valence-electron chi connectivity index (χ4n) is 2.85. The highest BCUT2D eigenvalue weighted by Gasteiger charge is 2.52. The van der Waals surface area contributed by atoms with Gasteiger partial charge in [-0.05, 0) is 32.3 Å². The molecule has 0 radical (unpaired) electrons. The molecule has 1 aliphatic carbocycles. The standard InChI is InChI=1S/C17H20O5/c1-3-21-14(18)9-10-17(16(20)22-4-2)11-12-7-5-6-8-13(12)15(17)19/h5-8H,3-4,9-11H2,1-2H3. The average Bonchev–Trinajstić information content (AvgIpc) is 2.80. The molecule has 1 aromatic rings. The van der Waals surface area contributed by atoms with E-state index < -0.39 is 17.4 Å². The Morgan fingerprint density at radius 3 is 2.45 bits per heavy atom. The third kappa shape index (κ3) is 2.89. The van der Waals surface area contributed by atoms with Crippen LogP contribution in [0.1, 0.15) is 42.6 Å². The zero-order valence-corrected chi connectivity index (χ0v) is 12.9. The molecule has 22 heavy (non-hydrogen) atoms. The van der Waals surface area contributed by atoms with Gasteiger partial charge in [-0.25, -0.2) is 0 Å². The molecular formula is C17H20O5. The molecule has 5 nitrogen and oxygen atoms in total. The number of carbonyl (C=O) groups excluding carboxylic acids is 3. The Morgan fingerprint density at radius 1 is 1.14 bits per heavy atom. The van der Waals surface area contributed by atoms with Crippen molar-refractivity contribution in [3.63, 3.8) is 0 Å². The van der Waals surface area contributed by atoms with Crippen molar-refractivity contribution < 1.29 is 23.9 Å². The lowest BCUT2D eigenvalue weighted by Crippen LogP contribution is -2.39. The highest BCUT2D eigenvalue weighted by Crippen LogP contribution is 2.41. The Hall–Kier alpha value is -2.17. The van der Waals surface area contributed by atoms with Gasteiger partial charge in [0, 0.05) is 12.0 Å². The number of ketones is 1. The van der Waals surface area contributed by atoms with Crippen LogP contribution in [0.3, 0.4) is 0 Å². The Kier molecular flexibility index (Phi) is 4.96. The minimum Gasteiger partial charge on any atom is -0.466 e. The van der Waals surface area contributed by atoms with Crippen LogP contribution < -0.4 is 0 Å². The van der Waals surface area contributed by atoms with Crippen molar-refractivity contribution >= 4 is 17.7 Å². The molecule has 0 aromatic heterocycles. The second kappa shape index (κ2) is 6.73. The van der Waals surface area contributed by atoms with Gasteiger partial charge in [0.1, 0.15) is 5.41 Å². The van der Waals surface area contributed by atoms with Crippen LogP contribution in [0.25, 0.3) is 0 Å². The third-order valence-electron chi connectivity index (χ3n) is 3.92. The number of hydrogen-bond donors (Lipinski definition) is 0. The first-order valence-electron chi connectivity index (χ1n) is 7.50. The predicted molar refractivity (Wildman–Crippen MR) is 79.4 cm³/mol. The maximum atomic E-state index is 12.8. The van der Waals surface area contributed by atoms with E-state index in [1.165, 1.54) is 0 Å². The Morgan fingerprint density at radius 2 is 1.82 bits per heavy atom. The molecule has 2 rings (SSSR count). The minimum absolute atomic E-state index is 0.0202. The van der Waals surface area contributed by atoms with Gasteiger partial charge in [-0.3, -0.25) is 14.4 Å². The second-order valence-corrected chi connectivity index (χ2v) is 5.27. The first-order valence-corrected chi connectivity index (χ1v) is 7.50. The van der Waals surface area contributed by atoms with E-state index >= 15 is 0 Å². The number of Topliss-reactive ketones (excluding diaryl/α,β-unsaturated/α-hetero) is 1. The molecule has 118 valence electrons. The number of hydrogen-bond acceptors (Lipinski definition) is 5. The van der Waals surface area contributed by atoms with Crippen LogP contribution in [0.15, 0.2) is 24.3 Å². The van der Waals surface area contributed by atoms with Crippen molar-refractivity contribution in [3.8, 4) is 0 Å². The van der Waals surface area contributed by atoms with E-state index in [0.29, 0.717) is 5.56 Å². The van der Waals surface area contributed by atoms with Crippen LogP contribution in [-0.2, 0) is 25.5 Å². The Balaban J connectivity index is 2.27. The number of esters is 2. The van der Waals surface area contributed by atoms with Gasteiger partial charge in [-0.2, -0.15) is 0 Å². The van der Waals surface area contributed by atoms with E-state index in [0.717, 1.165) is 5.56 Å². The number of rotatable bonds is 6. The molecule has 0 amide bonds. The van der Waals surface area contributed by atoms with Gasteiger partial charge in [0.15, 0.2) is 5.78 Å². The topological polar surface area (TPSA) is 69.7 Å². The molecule has 1 unspecified atom stereocenters. The quantitative estimate of drug-likeness (QED) is 0.596. The minimum atomic E-state index is -1.30. The lowest BCUT2D eigenvalue weighted by atomic mass is 9.79. The van der Waals surface area contributed by atoms with E-state index in [9.17, 15) is 14.4 Å². The van der Waals surface area contributed by atoms with Gasteiger partial charge in [-0.1, -0.05) is 24.3 Å². The molecule has 0 bridgehead atoms. The van der Waals surface area contributed by atoms with Gasteiger partial charge in [0.2, 0.25) is 0 Å².